The van der Waals surface area contributed by atoms with Crippen LogP contribution in [0.4, 0.5) is 5.82 Å². The van der Waals surface area contributed by atoms with Gasteiger partial charge in [0.2, 0.25) is 0 Å². The maximum atomic E-state index is 6.40. The quantitative estimate of drug-likeness (QED) is 0.385. The van der Waals surface area contributed by atoms with E-state index in [4.69, 9.17) is 10.2 Å². The zero-order chi connectivity index (χ0) is 19.6. The monoisotopic (exact) mass is 378 g/mol. The molecule has 0 aliphatic heterocycles. The van der Waals surface area contributed by atoms with E-state index >= 15 is 0 Å². The molecule has 0 radical (unpaired) electrons. The molecule has 0 unspecified atom stereocenters. The Morgan fingerprint density at radius 1 is 0.793 bits per heavy atom. The first-order valence-corrected chi connectivity index (χ1v) is 9.99. The van der Waals surface area contributed by atoms with Gasteiger partial charge < -0.3 is 10.2 Å². The van der Waals surface area contributed by atoms with E-state index in [0.29, 0.717) is 5.82 Å². The first-order valence-electron chi connectivity index (χ1n) is 9.99. The molecule has 0 fully saturated rings. The number of furan rings is 1. The molecule has 142 valence electrons. The number of aromatic nitrogens is 1. The molecule has 29 heavy (non-hydrogen) atoms. The Bertz CT molecular complexity index is 1290. The standard InChI is InChI=1S/C26H22N2O/c27-26-21(17-19-12-4-6-14-22(19)28-26)25-20-13-5-7-15-23(20)29-24(25)16-8-11-18-9-2-1-3-10-18/h1-7,9-10,12-15,17H,8,11,16H2,(H2,27,28). The third kappa shape index (κ3) is 3.36. The number of rotatable bonds is 5. The number of benzene rings is 3. The van der Waals surface area contributed by atoms with Crippen LogP contribution in [0.25, 0.3) is 33.0 Å². The fraction of sp³-hybridized carbons (Fsp3) is 0.115. The second-order valence-corrected chi connectivity index (χ2v) is 7.35. The highest BCUT2D eigenvalue weighted by atomic mass is 16.3. The number of fused-ring (bicyclic) bond motifs is 2. The molecular weight excluding hydrogens is 356 g/mol. The molecule has 0 atom stereocenters. The van der Waals surface area contributed by atoms with Gasteiger partial charge in [-0.05, 0) is 36.6 Å². The third-order valence-electron chi connectivity index (χ3n) is 5.40. The van der Waals surface area contributed by atoms with Gasteiger partial charge >= 0.3 is 0 Å². The van der Waals surface area contributed by atoms with Crippen LogP contribution in [0.2, 0.25) is 0 Å². The Morgan fingerprint density at radius 3 is 2.45 bits per heavy atom. The summed E-state index contributed by atoms with van der Waals surface area (Å²) in [6, 6.07) is 28.9. The van der Waals surface area contributed by atoms with Crippen molar-refractivity contribution in [3.05, 3.63) is 96.3 Å². The van der Waals surface area contributed by atoms with Crippen LogP contribution in [0.15, 0.2) is 89.3 Å². The number of hydrogen-bond donors (Lipinski definition) is 1. The van der Waals surface area contributed by atoms with Crippen LogP contribution < -0.4 is 5.73 Å². The Labute approximate surface area is 169 Å². The molecule has 0 bridgehead atoms. The fourth-order valence-electron chi connectivity index (χ4n) is 4.00. The maximum Gasteiger partial charge on any atom is 0.134 e. The summed E-state index contributed by atoms with van der Waals surface area (Å²) in [5, 5.41) is 2.17. The highest BCUT2D eigenvalue weighted by molar-refractivity contribution is 6.00. The summed E-state index contributed by atoms with van der Waals surface area (Å²) in [5.41, 5.74) is 11.6. The van der Waals surface area contributed by atoms with E-state index in [1.165, 1.54) is 5.56 Å². The molecule has 0 spiro atoms. The third-order valence-corrected chi connectivity index (χ3v) is 5.40. The molecule has 5 rings (SSSR count). The number of hydrogen-bond acceptors (Lipinski definition) is 3. The minimum atomic E-state index is 0.541. The molecule has 3 heteroatoms. The number of nitrogens with zero attached hydrogens (tertiary/aromatic N) is 1. The van der Waals surface area contributed by atoms with Gasteiger partial charge in [-0.25, -0.2) is 4.98 Å². The molecule has 0 aliphatic rings. The minimum absolute atomic E-state index is 0.541. The molecule has 3 aromatic carbocycles. The molecule has 0 aliphatic carbocycles. The van der Waals surface area contributed by atoms with E-state index in [2.05, 4.69) is 53.5 Å². The van der Waals surface area contributed by atoms with E-state index in [9.17, 15) is 0 Å². The van der Waals surface area contributed by atoms with Crippen molar-refractivity contribution >= 4 is 27.7 Å². The highest BCUT2D eigenvalue weighted by Crippen LogP contribution is 2.39. The Balaban J connectivity index is 1.57. The lowest BCUT2D eigenvalue weighted by Gasteiger charge is -2.09. The molecule has 5 aromatic rings. The van der Waals surface area contributed by atoms with Crippen LogP contribution in [-0.4, -0.2) is 4.98 Å². The maximum absolute atomic E-state index is 6.40. The molecule has 2 N–H and O–H groups in total. The van der Waals surface area contributed by atoms with Crippen LogP contribution in [0.3, 0.4) is 0 Å². The molecule has 0 saturated carbocycles. The van der Waals surface area contributed by atoms with Crippen molar-refractivity contribution in [3.63, 3.8) is 0 Å². The topological polar surface area (TPSA) is 52.0 Å². The SMILES string of the molecule is Nc1nc2ccccc2cc1-c1c(CCCc2ccccc2)oc2ccccc12. The summed E-state index contributed by atoms with van der Waals surface area (Å²) >= 11 is 0. The number of aryl methyl sites for hydroxylation is 2. The average molecular weight is 378 g/mol. The van der Waals surface area contributed by atoms with Gasteiger partial charge in [0.25, 0.3) is 0 Å². The largest absolute Gasteiger partial charge is 0.460 e. The predicted molar refractivity (Wildman–Crippen MR) is 120 cm³/mol. The molecule has 3 nitrogen and oxygen atoms in total. The smallest absolute Gasteiger partial charge is 0.134 e. The van der Waals surface area contributed by atoms with Gasteiger partial charge in [0.05, 0.1) is 5.52 Å². The fourth-order valence-corrected chi connectivity index (χ4v) is 4.00. The second kappa shape index (κ2) is 7.44. The van der Waals surface area contributed by atoms with Gasteiger partial charge in [-0.1, -0.05) is 66.7 Å². The summed E-state index contributed by atoms with van der Waals surface area (Å²) in [6.07, 6.45) is 2.88. The Morgan fingerprint density at radius 2 is 1.55 bits per heavy atom. The summed E-state index contributed by atoms with van der Waals surface area (Å²) in [7, 11) is 0. The average Bonchev–Trinajstić information content (AvgIpc) is 3.12. The van der Waals surface area contributed by atoms with Crippen LogP contribution >= 0.6 is 0 Å². The van der Waals surface area contributed by atoms with Gasteiger partial charge in [-0.15, -0.1) is 0 Å². The lowest BCUT2D eigenvalue weighted by atomic mass is 9.98. The molecule has 0 amide bonds. The molecular formula is C26H22N2O. The van der Waals surface area contributed by atoms with Crippen molar-refractivity contribution in [1.82, 2.24) is 4.98 Å². The van der Waals surface area contributed by atoms with Crippen molar-refractivity contribution in [3.8, 4) is 11.1 Å². The summed E-state index contributed by atoms with van der Waals surface area (Å²) < 4.78 is 6.28. The first kappa shape index (κ1) is 17.5. The van der Waals surface area contributed by atoms with Gasteiger partial charge in [0.1, 0.15) is 17.2 Å². The van der Waals surface area contributed by atoms with Crippen molar-refractivity contribution in [1.29, 1.82) is 0 Å². The van der Waals surface area contributed by atoms with E-state index in [1.807, 2.05) is 36.4 Å². The van der Waals surface area contributed by atoms with E-state index in [0.717, 1.165) is 58.0 Å². The number of para-hydroxylation sites is 2. The second-order valence-electron chi connectivity index (χ2n) is 7.35. The summed E-state index contributed by atoms with van der Waals surface area (Å²) in [4.78, 5) is 4.64. The number of pyridine rings is 1. The molecule has 0 saturated heterocycles. The summed E-state index contributed by atoms with van der Waals surface area (Å²) in [5.74, 6) is 1.52. The lowest BCUT2D eigenvalue weighted by Crippen LogP contribution is -1.97. The van der Waals surface area contributed by atoms with Crippen molar-refractivity contribution in [2.24, 2.45) is 0 Å². The predicted octanol–water partition coefficient (Wildman–Crippen LogP) is 6.41. The lowest BCUT2D eigenvalue weighted by molar-refractivity contribution is 0.540. The zero-order valence-electron chi connectivity index (χ0n) is 16.1. The van der Waals surface area contributed by atoms with Gasteiger partial charge in [-0.3, -0.25) is 0 Å². The molecule has 2 aromatic heterocycles. The zero-order valence-corrected chi connectivity index (χ0v) is 16.1. The summed E-state index contributed by atoms with van der Waals surface area (Å²) in [6.45, 7) is 0. The van der Waals surface area contributed by atoms with E-state index < -0.39 is 0 Å². The van der Waals surface area contributed by atoms with E-state index in [1.54, 1.807) is 0 Å². The van der Waals surface area contributed by atoms with Crippen LogP contribution in [-0.2, 0) is 12.8 Å². The Hall–Kier alpha value is -3.59. The van der Waals surface area contributed by atoms with Crippen molar-refractivity contribution in [2.45, 2.75) is 19.3 Å². The minimum Gasteiger partial charge on any atom is -0.460 e. The number of anilines is 1. The molecule has 2 heterocycles. The highest BCUT2D eigenvalue weighted by Gasteiger charge is 2.19. The van der Waals surface area contributed by atoms with E-state index in [-0.39, 0.29) is 0 Å². The van der Waals surface area contributed by atoms with Crippen LogP contribution in [0.5, 0.6) is 0 Å². The number of nitrogens with two attached hydrogens (primary N) is 1. The van der Waals surface area contributed by atoms with Gasteiger partial charge in [0.15, 0.2) is 0 Å². The van der Waals surface area contributed by atoms with Crippen LogP contribution in [0, 0.1) is 0 Å². The van der Waals surface area contributed by atoms with Gasteiger partial charge in [-0.2, -0.15) is 0 Å². The Kier molecular flexibility index (Phi) is 4.49. The number of nitrogen functional groups attached to an aromatic ring is 1. The van der Waals surface area contributed by atoms with Crippen molar-refractivity contribution < 1.29 is 4.42 Å². The van der Waals surface area contributed by atoms with Gasteiger partial charge in [0, 0.05) is 28.3 Å². The normalized spacial score (nSPS) is 11.3. The van der Waals surface area contributed by atoms with Crippen molar-refractivity contribution in [2.75, 3.05) is 5.73 Å². The first-order chi connectivity index (χ1) is 14.3. The van der Waals surface area contributed by atoms with Crippen LogP contribution in [0.1, 0.15) is 17.7 Å².